The molecule has 2 aromatic rings. The van der Waals surface area contributed by atoms with E-state index in [1.807, 2.05) is 32.9 Å². The molecule has 0 unspecified atom stereocenters. The zero-order valence-electron chi connectivity index (χ0n) is 20.7. The zero-order chi connectivity index (χ0) is 25.8. The van der Waals surface area contributed by atoms with Crippen molar-refractivity contribution >= 4 is 32.0 Å². The molecule has 35 heavy (non-hydrogen) atoms. The number of ether oxygens (including phenoxy) is 1. The lowest BCUT2D eigenvalue weighted by molar-refractivity contribution is 0.110. The lowest BCUT2D eigenvalue weighted by Crippen LogP contribution is -2.41. The summed E-state index contributed by atoms with van der Waals surface area (Å²) in [5.41, 5.74) is 1.83. The molecule has 2 aromatic carbocycles. The van der Waals surface area contributed by atoms with Crippen molar-refractivity contribution in [3.05, 3.63) is 53.6 Å². The molecule has 1 aliphatic rings. The summed E-state index contributed by atoms with van der Waals surface area (Å²) in [6.07, 6.45) is 3.34. The molecular formula is C25H34N2O6S2. The van der Waals surface area contributed by atoms with Crippen LogP contribution in [0.4, 0.5) is 5.69 Å². The number of carbonyl (C=O) groups is 1. The van der Waals surface area contributed by atoms with Gasteiger partial charge in [0.2, 0.25) is 10.0 Å². The van der Waals surface area contributed by atoms with E-state index in [0.717, 1.165) is 12.0 Å². The first-order valence-corrected chi connectivity index (χ1v) is 15.1. The van der Waals surface area contributed by atoms with Crippen LogP contribution in [0, 0.1) is 5.92 Å². The number of benzene rings is 2. The number of hydrogen-bond acceptors (Lipinski definition) is 6. The van der Waals surface area contributed by atoms with Crippen LogP contribution in [0.25, 0.3) is 0 Å². The van der Waals surface area contributed by atoms with Crippen LogP contribution in [-0.2, 0) is 26.5 Å². The molecule has 0 amide bonds. The van der Waals surface area contributed by atoms with Crippen molar-refractivity contribution in [1.82, 2.24) is 4.31 Å². The van der Waals surface area contributed by atoms with E-state index in [1.165, 1.54) is 33.1 Å². The maximum Gasteiger partial charge on any atom is 0.264 e. The zero-order valence-corrected chi connectivity index (χ0v) is 22.3. The molecule has 1 fully saturated rings. The molecule has 0 N–H and O–H groups in total. The van der Waals surface area contributed by atoms with Crippen molar-refractivity contribution in [3.8, 4) is 5.75 Å². The van der Waals surface area contributed by atoms with Gasteiger partial charge in [-0.05, 0) is 61.1 Å². The highest BCUT2D eigenvalue weighted by molar-refractivity contribution is 7.92. The van der Waals surface area contributed by atoms with Crippen molar-refractivity contribution in [2.24, 2.45) is 5.92 Å². The van der Waals surface area contributed by atoms with E-state index in [4.69, 9.17) is 4.74 Å². The SMILES string of the molecule is CCc1ccc(N(CC(C)C)S(=O)(=O)c2ccc(OC3CCN(S(C)(=O)=O)CC3)c(C=O)c2)cc1. The number of rotatable bonds is 10. The fourth-order valence-corrected chi connectivity index (χ4v) is 6.58. The molecule has 8 nitrogen and oxygen atoms in total. The predicted molar refractivity (Wildman–Crippen MR) is 137 cm³/mol. The smallest absolute Gasteiger partial charge is 0.264 e. The quantitative estimate of drug-likeness (QED) is 0.441. The summed E-state index contributed by atoms with van der Waals surface area (Å²) in [6, 6.07) is 11.8. The highest BCUT2D eigenvalue weighted by atomic mass is 32.2. The molecule has 1 heterocycles. The third-order valence-electron chi connectivity index (χ3n) is 6.02. The Labute approximate surface area is 209 Å². The first kappa shape index (κ1) is 27.2. The molecule has 0 bridgehead atoms. The summed E-state index contributed by atoms with van der Waals surface area (Å²) < 4.78 is 59.5. The number of piperidine rings is 1. The summed E-state index contributed by atoms with van der Waals surface area (Å²) in [7, 11) is -7.18. The van der Waals surface area contributed by atoms with Crippen LogP contribution >= 0.6 is 0 Å². The van der Waals surface area contributed by atoms with Gasteiger partial charge >= 0.3 is 0 Å². The Hall–Kier alpha value is -2.43. The number of carbonyl (C=O) groups excluding carboxylic acids is 1. The minimum absolute atomic E-state index is 0.0130. The number of hydrogen-bond donors (Lipinski definition) is 0. The third-order valence-corrected chi connectivity index (χ3v) is 9.12. The summed E-state index contributed by atoms with van der Waals surface area (Å²) in [4.78, 5) is 11.9. The van der Waals surface area contributed by atoms with Gasteiger partial charge in [0.15, 0.2) is 6.29 Å². The van der Waals surface area contributed by atoms with Gasteiger partial charge in [0.1, 0.15) is 11.9 Å². The van der Waals surface area contributed by atoms with Gasteiger partial charge in [-0.1, -0.05) is 32.9 Å². The van der Waals surface area contributed by atoms with Crippen molar-refractivity contribution in [2.45, 2.75) is 51.0 Å². The maximum atomic E-state index is 13.6. The molecule has 1 saturated heterocycles. The fraction of sp³-hybridized carbons (Fsp3) is 0.480. The topological polar surface area (TPSA) is 101 Å². The summed E-state index contributed by atoms with van der Waals surface area (Å²) >= 11 is 0. The molecule has 0 aliphatic carbocycles. The van der Waals surface area contributed by atoms with Gasteiger partial charge in [-0.15, -0.1) is 0 Å². The molecule has 0 radical (unpaired) electrons. The second kappa shape index (κ2) is 11.1. The fourth-order valence-electron chi connectivity index (χ4n) is 4.05. The highest BCUT2D eigenvalue weighted by Gasteiger charge is 2.29. The van der Waals surface area contributed by atoms with E-state index in [2.05, 4.69) is 0 Å². The maximum absolute atomic E-state index is 13.6. The Balaban J connectivity index is 1.85. The molecular weight excluding hydrogens is 488 g/mol. The molecule has 0 aromatic heterocycles. The van der Waals surface area contributed by atoms with Gasteiger partial charge in [0.25, 0.3) is 10.0 Å². The van der Waals surface area contributed by atoms with Crippen LogP contribution in [0.2, 0.25) is 0 Å². The average molecular weight is 523 g/mol. The number of aldehydes is 1. The van der Waals surface area contributed by atoms with Crippen LogP contribution in [-0.4, -0.2) is 59.4 Å². The molecule has 10 heteroatoms. The Kier molecular flexibility index (Phi) is 8.61. The van der Waals surface area contributed by atoms with Gasteiger partial charge in [0, 0.05) is 19.6 Å². The number of aryl methyl sites for hydroxylation is 1. The van der Waals surface area contributed by atoms with Crippen LogP contribution < -0.4 is 9.04 Å². The van der Waals surface area contributed by atoms with Gasteiger partial charge < -0.3 is 4.74 Å². The molecule has 192 valence electrons. The van der Waals surface area contributed by atoms with Gasteiger partial charge in [0.05, 0.1) is 22.4 Å². The third kappa shape index (κ3) is 6.62. The van der Waals surface area contributed by atoms with Crippen LogP contribution in [0.15, 0.2) is 47.4 Å². The monoisotopic (exact) mass is 522 g/mol. The minimum atomic E-state index is -3.93. The van der Waals surface area contributed by atoms with E-state index in [0.29, 0.717) is 50.2 Å². The van der Waals surface area contributed by atoms with Crippen LogP contribution in [0.1, 0.15) is 49.5 Å². The lowest BCUT2D eigenvalue weighted by atomic mass is 10.1. The van der Waals surface area contributed by atoms with Crippen LogP contribution in [0.5, 0.6) is 5.75 Å². The first-order chi connectivity index (χ1) is 16.5. The van der Waals surface area contributed by atoms with Crippen molar-refractivity contribution < 1.29 is 26.4 Å². The Bertz CT molecular complexity index is 1230. The summed E-state index contributed by atoms with van der Waals surface area (Å²) in [5.74, 6) is 0.376. The first-order valence-electron chi connectivity index (χ1n) is 11.8. The number of anilines is 1. The van der Waals surface area contributed by atoms with E-state index in [9.17, 15) is 21.6 Å². The number of nitrogens with zero attached hydrogens (tertiary/aromatic N) is 2. The highest BCUT2D eigenvalue weighted by Crippen LogP contribution is 2.30. The molecule has 1 aliphatic heterocycles. The van der Waals surface area contributed by atoms with E-state index < -0.39 is 20.0 Å². The van der Waals surface area contributed by atoms with Crippen molar-refractivity contribution in [1.29, 1.82) is 0 Å². The summed E-state index contributed by atoms with van der Waals surface area (Å²) in [6.45, 7) is 6.91. The van der Waals surface area contributed by atoms with Gasteiger partial charge in [-0.2, -0.15) is 0 Å². The Morgan fingerprint density at radius 2 is 1.69 bits per heavy atom. The second-order valence-electron chi connectivity index (χ2n) is 9.25. The molecule has 0 atom stereocenters. The predicted octanol–water partition coefficient (Wildman–Crippen LogP) is 3.72. The van der Waals surface area contributed by atoms with Gasteiger partial charge in [-0.25, -0.2) is 21.1 Å². The Morgan fingerprint density at radius 1 is 1.06 bits per heavy atom. The van der Waals surface area contributed by atoms with E-state index in [-0.39, 0.29) is 22.5 Å². The minimum Gasteiger partial charge on any atom is -0.490 e. The average Bonchev–Trinajstić information content (AvgIpc) is 2.82. The summed E-state index contributed by atoms with van der Waals surface area (Å²) in [5, 5.41) is 0. The van der Waals surface area contributed by atoms with E-state index >= 15 is 0 Å². The van der Waals surface area contributed by atoms with Crippen LogP contribution in [0.3, 0.4) is 0 Å². The molecule has 3 rings (SSSR count). The van der Waals surface area contributed by atoms with E-state index in [1.54, 1.807) is 12.1 Å². The van der Waals surface area contributed by atoms with Crippen molar-refractivity contribution in [2.75, 3.05) is 30.2 Å². The Morgan fingerprint density at radius 3 is 2.20 bits per heavy atom. The second-order valence-corrected chi connectivity index (χ2v) is 13.1. The number of sulfonamides is 2. The molecule has 0 saturated carbocycles. The molecule has 0 spiro atoms. The van der Waals surface area contributed by atoms with Gasteiger partial charge in [-0.3, -0.25) is 9.10 Å². The lowest BCUT2D eigenvalue weighted by Gasteiger charge is -2.31. The largest absolute Gasteiger partial charge is 0.490 e. The standard InChI is InChI=1S/C25H34N2O6S2/c1-5-20-6-8-22(9-7-20)27(17-19(2)3)35(31,32)24-10-11-25(21(16-24)18-28)33-23-12-14-26(15-13-23)34(4,29)30/h6-11,16,18-19,23H,5,12-15,17H2,1-4H3. The normalized spacial score (nSPS) is 15.8. The van der Waals surface area contributed by atoms with Crippen molar-refractivity contribution in [3.63, 3.8) is 0 Å².